The van der Waals surface area contributed by atoms with Gasteiger partial charge in [0.25, 0.3) is 5.91 Å². The third-order valence-corrected chi connectivity index (χ3v) is 4.95. The number of hydrogen-bond acceptors (Lipinski definition) is 5. The molecule has 0 saturated carbocycles. The van der Waals surface area contributed by atoms with Crippen molar-refractivity contribution in [3.8, 4) is 17.0 Å². The van der Waals surface area contributed by atoms with Gasteiger partial charge in [-0.05, 0) is 18.2 Å². The average Bonchev–Trinajstić information content (AvgIpc) is 3.19. The van der Waals surface area contributed by atoms with Crippen molar-refractivity contribution < 1.29 is 22.7 Å². The number of halogens is 5. The van der Waals surface area contributed by atoms with Crippen molar-refractivity contribution in [2.45, 2.75) is 6.18 Å². The van der Waals surface area contributed by atoms with E-state index in [2.05, 4.69) is 15.5 Å². The molecule has 1 aromatic carbocycles. The summed E-state index contributed by atoms with van der Waals surface area (Å²) in [7, 11) is 2.87. The molecule has 166 valence electrons. The smallest absolute Gasteiger partial charge is 0.436 e. The van der Waals surface area contributed by atoms with Gasteiger partial charge >= 0.3 is 6.18 Å². The van der Waals surface area contributed by atoms with Crippen molar-refractivity contribution in [1.29, 1.82) is 0 Å². The van der Waals surface area contributed by atoms with Crippen LogP contribution in [0.15, 0.2) is 24.4 Å². The van der Waals surface area contributed by atoms with E-state index in [1.54, 1.807) is 13.1 Å². The maximum atomic E-state index is 13.3. The Morgan fingerprint density at radius 1 is 1.26 bits per heavy atom. The van der Waals surface area contributed by atoms with Gasteiger partial charge in [0.15, 0.2) is 5.69 Å². The summed E-state index contributed by atoms with van der Waals surface area (Å²) in [5.74, 6) is -0.660. The molecule has 0 atom stereocenters. The van der Waals surface area contributed by atoms with Gasteiger partial charge in [-0.15, -0.1) is 0 Å². The van der Waals surface area contributed by atoms with Crippen molar-refractivity contribution in [2.75, 3.05) is 18.5 Å². The number of aromatic nitrogens is 4. The highest BCUT2D eigenvalue weighted by atomic mass is 35.5. The molecular formula is C18H17Cl2F3N6O2. The fourth-order valence-electron chi connectivity index (χ4n) is 2.90. The molecule has 3 aromatic rings. The average molecular weight is 477 g/mol. The molecule has 0 bridgehead atoms. The minimum absolute atomic E-state index is 0.186. The molecule has 0 radical (unpaired) electrons. The SMILES string of the molecule is Cn1nc(C(F)(F)F)c(C(=O)Nc2ccc(OCCN)c(-c3c(Cl)cnn3C)c2)c1Cl. The number of nitrogens with two attached hydrogens (primary N) is 1. The number of nitrogens with zero attached hydrogens (tertiary/aromatic N) is 4. The third-order valence-electron chi connectivity index (χ3n) is 4.23. The Hall–Kier alpha value is -2.76. The van der Waals surface area contributed by atoms with E-state index in [0.717, 1.165) is 4.68 Å². The molecule has 31 heavy (non-hydrogen) atoms. The highest BCUT2D eigenvalue weighted by molar-refractivity contribution is 6.34. The van der Waals surface area contributed by atoms with E-state index in [4.69, 9.17) is 33.7 Å². The molecule has 0 fully saturated rings. The number of ether oxygens (including phenoxy) is 1. The molecule has 2 aromatic heterocycles. The van der Waals surface area contributed by atoms with Gasteiger partial charge in [0.1, 0.15) is 23.1 Å². The lowest BCUT2D eigenvalue weighted by Crippen LogP contribution is -2.18. The predicted octanol–water partition coefficient (Wildman–Crippen LogP) is 3.74. The summed E-state index contributed by atoms with van der Waals surface area (Å²) in [5.41, 5.74) is 4.47. The van der Waals surface area contributed by atoms with E-state index in [9.17, 15) is 18.0 Å². The normalized spacial score (nSPS) is 11.6. The molecule has 8 nitrogen and oxygen atoms in total. The van der Waals surface area contributed by atoms with Crippen LogP contribution in [0, 0.1) is 0 Å². The van der Waals surface area contributed by atoms with Crippen molar-refractivity contribution in [1.82, 2.24) is 19.6 Å². The molecule has 0 unspecified atom stereocenters. The van der Waals surface area contributed by atoms with Crippen molar-refractivity contribution >= 4 is 34.8 Å². The van der Waals surface area contributed by atoms with Crippen LogP contribution in [0.3, 0.4) is 0 Å². The fourth-order valence-corrected chi connectivity index (χ4v) is 3.38. The number of carbonyl (C=O) groups is 1. The predicted molar refractivity (Wildman–Crippen MR) is 109 cm³/mol. The molecule has 13 heteroatoms. The van der Waals surface area contributed by atoms with Gasteiger partial charge in [-0.3, -0.25) is 14.2 Å². The van der Waals surface area contributed by atoms with Gasteiger partial charge in [0.05, 0.1) is 16.9 Å². The molecule has 0 aliphatic carbocycles. The summed E-state index contributed by atoms with van der Waals surface area (Å²) in [6.07, 6.45) is -3.43. The molecular weight excluding hydrogens is 460 g/mol. The first kappa shape index (κ1) is 22.9. The first-order valence-corrected chi connectivity index (χ1v) is 9.56. The number of anilines is 1. The van der Waals surface area contributed by atoms with Crippen LogP contribution < -0.4 is 15.8 Å². The Morgan fingerprint density at radius 3 is 2.55 bits per heavy atom. The van der Waals surface area contributed by atoms with Gasteiger partial charge in [-0.2, -0.15) is 23.4 Å². The molecule has 3 rings (SSSR count). The van der Waals surface area contributed by atoms with Crippen molar-refractivity contribution in [2.24, 2.45) is 19.8 Å². The Kier molecular flexibility index (Phi) is 6.48. The van der Waals surface area contributed by atoms with Gasteiger partial charge < -0.3 is 15.8 Å². The minimum Gasteiger partial charge on any atom is -0.492 e. The van der Waals surface area contributed by atoms with E-state index in [-0.39, 0.29) is 18.8 Å². The highest BCUT2D eigenvalue weighted by Crippen LogP contribution is 2.38. The zero-order valence-corrected chi connectivity index (χ0v) is 17.8. The van der Waals surface area contributed by atoms with Crippen LogP contribution in [-0.4, -0.2) is 38.6 Å². The number of hydrogen-bond donors (Lipinski definition) is 2. The standard InChI is InChI=1S/C18H17Cl2F3N6O2/c1-28-14(11(19)8-25-28)10-7-9(3-4-12(10)31-6-5-24)26-17(30)13-15(18(21,22)23)27-29(2)16(13)20/h3-4,7-8H,5-6,24H2,1-2H3,(H,26,30). The summed E-state index contributed by atoms with van der Waals surface area (Å²) in [5, 5.41) is 9.68. The number of nitrogens with one attached hydrogen (secondary N) is 1. The first-order valence-electron chi connectivity index (χ1n) is 8.80. The number of carbonyl (C=O) groups excluding carboxylic acids is 1. The largest absolute Gasteiger partial charge is 0.492 e. The maximum absolute atomic E-state index is 13.3. The zero-order valence-electron chi connectivity index (χ0n) is 16.3. The van der Waals surface area contributed by atoms with E-state index in [0.29, 0.717) is 22.0 Å². The third kappa shape index (κ3) is 4.63. The van der Waals surface area contributed by atoms with Gasteiger partial charge in [0.2, 0.25) is 0 Å². The summed E-state index contributed by atoms with van der Waals surface area (Å²) in [6.45, 7) is 0.477. The zero-order chi connectivity index (χ0) is 22.9. The quantitative estimate of drug-likeness (QED) is 0.564. The van der Waals surface area contributed by atoms with Gasteiger partial charge in [-0.25, -0.2) is 0 Å². The van der Waals surface area contributed by atoms with Crippen LogP contribution in [0.1, 0.15) is 16.1 Å². The number of alkyl halides is 3. The second-order valence-electron chi connectivity index (χ2n) is 6.40. The van der Waals surface area contributed by atoms with E-state index in [1.165, 1.54) is 30.1 Å². The van der Waals surface area contributed by atoms with Crippen LogP contribution in [-0.2, 0) is 20.3 Å². The van der Waals surface area contributed by atoms with Crippen LogP contribution in [0.25, 0.3) is 11.3 Å². The minimum atomic E-state index is -4.86. The van der Waals surface area contributed by atoms with Crippen LogP contribution >= 0.6 is 23.2 Å². The van der Waals surface area contributed by atoms with E-state index in [1.807, 2.05) is 0 Å². The van der Waals surface area contributed by atoms with E-state index >= 15 is 0 Å². The molecule has 2 heterocycles. The molecule has 0 spiro atoms. The summed E-state index contributed by atoms with van der Waals surface area (Å²) in [6, 6.07) is 4.51. The Balaban J connectivity index is 2.02. The number of aryl methyl sites for hydroxylation is 2. The molecule has 0 aliphatic heterocycles. The maximum Gasteiger partial charge on any atom is 0.436 e. The van der Waals surface area contributed by atoms with Crippen molar-refractivity contribution in [3.63, 3.8) is 0 Å². The Bertz CT molecular complexity index is 1110. The lowest BCUT2D eigenvalue weighted by Gasteiger charge is -2.14. The molecule has 3 N–H and O–H groups in total. The Labute approximate surface area is 184 Å². The topological polar surface area (TPSA) is 100.0 Å². The second-order valence-corrected chi connectivity index (χ2v) is 7.17. The summed E-state index contributed by atoms with van der Waals surface area (Å²) < 4.78 is 47.8. The number of benzene rings is 1. The van der Waals surface area contributed by atoms with Gasteiger partial charge in [0, 0.05) is 31.9 Å². The summed E-state index contributed by atoms with van der Waals surface area (Å²) in [4.78, 5) is 12.7. The molecule has 0 aliphatic rings. The van der Waals surface area contributed by atoms with Crippen LogP contribution in [0.4, 0.5) is 18.9 Å². The summed E-state index contributed by atoms with van der Waals surface area (Å²) >= 11 is 12.1. The van der Waals surface area contributed by atoms with Crippen molar-refractivity contribution in [3.05, 3.63) is 45.8 Å². The lowest BCUT2D eigenvalue weighted by molar-refractivity contribution is -0.141. The molecule has 0 saturated heterocycles. The van der Waals surface area contributed by atoms with Gasteiger partial charge in [-0.1, -0.05) is 23.2 Å². The fraction of sp³-hybridized carbons (Fsp3) is 0.278. The highest BCUT2D eigenvalue weighted by Gasteiger charge is 2.41. The second kappa shape index (κ2) is 8.77. The number of amides is 1. The van der Waals surface area contributed by atoms with E-state index < -0.39 is 28.5 Å². The van der Waals surface area contributed by atoms with Crippen LogP contribution in [0.2, 0.25) is 10.2 Å². The monoisotopic (exact) mass is 476 g/mol. The Morgan fingerprint density at radius 2 is 1.97 bits per heavy atom. The lowest BCUT2D eigenvalue weighted by atomic mass is 10.1. The first-order chi connectivity index (χ1) is 14.5. The molecule has 1 amide bonds. The van der Waals surface area contributed by atoms with Crippen LogP contribution in [0.5, 0.6) is 5.75 Å². The number of rotatable bonds is 6.